The van der Waals surface area contributed by atoms with Crippen LogP contribution in [0.5, 0.6) is 0 Å². The van der Waals surface area contributed by atoms with Crippen molar-refractivity contribution in [1.82, 2.24) is 24.1 Å². The SMILES string of the molecule is C=CCN(C(=O)O)c1ccc2nc(-c3ccc(NC(=O)c4cc(NC(=O)c5nc(N)cn5C)cn4C)cc3)[nH]c2c1.Cl. The summed E-state index contributed by atoms with van der Waals surface area (Å²) in [4.78, 5) is 50.1. The number of nitrogens with two attached hydrogens (primary N) is 1. The van der Waals surface area contributed by atoms with Crippen molar-refractivity contribution in [1.29, 1.82) is 0 Å². The van der Waals surface area contributed by atoms with Gasteiger partial charge in [-0.25, -0.2) is 14.8 Å². The van der Waals surface area contributed by atoms with Crippen molar-refractivity contribution in [2.45, 2.75) is 0 Å². The van der Waals surface area contributed by atoms with E-state index in [0.29, 0.717) is 39.6 Å². The Hall–Kier alpha value is -5.56. The van der Waals surface area contributed by atoms with Crippen LogP contribution in [0, 0.1) is 0 Å². The quantitative estimate of drug-likeness (QED) is 0.166. The molecule has 0 aliphatic heterocycles. The second kappa shape index (κ2) is 11.9. The minimum atomic E-state index is -1.08. The normalized spacial score (nSPS) is 10.6. The van der Waals surface area contributed by atoms with Crippen LogP contribution in [0.2, 0.25) is 0 Å². The van der Waals surface area contributed by atoms with E-state index in [2.05, 4.69) is 32.2 Å². The zero-order valence-electron chi connectivity index (χ0n) is 22.7. The van der Waals surface area contributed by atoms with Gasteiger partial charge in [-0.3, -0.25) is 14.5 Å². The van der Waals surface area contributed by atoms with Crippen LogP contribution in [0.1, 0.15) is 21.1 Å². The topological polar surface area (TPSA) is 176 Å². The first-order chi connectivity index (χ1) is 19.6. The Morgan fingerprint density at radius 3 is 2.36 bits per heavy atom. The molecule has 0 spiro atoms. The molecule has 0 fully saturated rings. The minimum Gasteiger partial charge on any atom is -0.465 e. The van der Waals surface area contributed by atoms with Crippen LogP contribution >= 0.6 is 12.4 Å². The molecule has 0 bridgehead atoms. The van der Waals surface area contributed by atoms with E-state index in [4.69, 9.17) is 5.73 Å². The molecule has 0 radical (unpaired) electrons. The van der Waals surface area contributed by atoms with Crippen molar-refractivity contribution in [3.8, 4) is 11.4 Å². The van der Waals surface area contributed by atoms with Crippen LogP contribution in [0.3, 0.4) is 0 Å². The number of carbonyl (C=O) groups is 3. The third-order valence-electron chi connectivity index (χ3n) is 6.33. The van der Waals surface area contributed by atoms with Crippen LogP contribution in [-0.4, -0.2) is 53.6 Å². The number of imidazole rings is 2. The van der Waals surface area contributed by atoms with Gasteiger partial charge in [0.15, 0.2) is 0 Å². The number of anilines is 4. The fourth-order valence-corrected chi connectivity index (χ4v) is 4.38. The van der Waals surface area contributed by atoms with Gasteiger partial charge in [0.05, 0.1) is 16.7 Å². The number of nitrogens with zero attached hydrogens (tertiary/aromatic N) is 5. The number of fused-ring (bicyclic) bond motifs is 1. The van der Waals surface area contributed by atoms with E-state index in [1.807, 2.05) is 12.1 Å². The zero-order chi connectivity index (χ0) is 29.3. The predicted octanol–water partition coefficient (Wildman–Crippen LogP) is 4.48. The number of carboxylic acid groups (broad SMARTS) is 1. The number of aromatic amines is 1. The van der Waals surface area contributed by atoms with Crippen molar-refractivity contribution < 1.29 is 19.5 Å². The number of nitrogens with one attached hydrogen (secondary N) is 3. The molecule has 3 heterocycles. The molecule has 3 amide bonds. The van der Waals surface area contributed by atoms with Crippen LogP contribution in [0.15, 0.2) is 73.6 Å². The molecule has 0 saturated heterocycles. The molecule has 42 heavy (non-hydrogen) atoms. The molecule has 5 aromatic rings. The molecule has 3 aromatic heterocycles. The first kappa shape index (κ1) is 29.4. The van der Waals surface area contributed by atoms with Gasteiger partial charge >= 0.3 is 6.09 Å². The van der Waals surface area contributed by atoms with Crippen molar-refractivity contribution in [3.05, 3.63) is 85.1 Å². The summed E-state index contributed by atoms with van der Waals surface area (Å²) < 4.78 is 3.13. The lowest BCUT2D eigenvalue weighted by molar-refractivity contribution is 0.100. The third-order valence-corrected chi connectivity index (χ3v) is 6.33. The Labute approximate surface area is 246 Å². The van der Waals surface area contributed by atoms with E-state index in [0.717, 1.165) is 5.56 Å². The Bertz CT molecular complexity index is 1800. The number of rotatable bonds is 8. The summed E-state index contributed by atoms with van der Waals surface area (Å²) in [7, 11) is 3.37. The van der Waals surface area contributed by atoms with Gasteiger partial charge in [0.2, 0.25) is 5.82 Å². The van der Waals surface area contributed by atoms with Gasteiger partial charge in [-0.2, -0.15) is 0 Å². The van der Waals surface area contributed by atoms with Crippen molar-refractivity contribution in [3.63, 3.8) is 0 Å². The second-order valence-electron chi connectivity index (χ2n) is 9.28. The number of aromatic nitrogens is 5. The largest absolute Gasteiger partial charge is 0.465 e. The highest BCUT2D eigenvalue weighted by Gasteiger charge is 2.18. The molecule has 14 heteroatoms. The average molecular weight is 590 g/mol. The first-order valence-corrected chi connectivity index (χ1v) is 12.4. The minimum absolute atomic E-state index is 0. The van der Waals surface area contributed by atoms with E-state index in [1.165, 1.54) is 21.7 Å². The maximum absolute atomic E-state index is 13.0. The first-order valence-electron chi connectivity index (χ1n) is 12.4. The van der Waals surface area contributed by atoms with Crippen molar-refractivity contribution in [2.24, 2.45) is 14.1 Å². The highest BCUT2D eigenvalue weighted by Crippen LogP contribution is 2.26. The zero-order valence-corrected chi connectivity index (χ0v) is 23.5. The monoisotopic (exact) mass is 589 g/mol. The maximum atomic E-state index is 13.0. The van der Waals surface area contributed by atoms with Crippen LogP contribution in [0.25, 0.3) is 22.4 Å². The van der Waals surface area contributed by atoms with Crippen LogP contribution in [0.4, 0.5) is 27.7 Å². The molecular weight excluding hydrogens is 562 g/mol. The predicted molar refractivity (Wildman–Crippen MR) is 163 cm³/mol. The van der Waals surface area contributed by atoms with E-state index in [-0.39, 0.29) is 36.5 Å². The summed E-state index contributed by atoms with van der Waals surface area (Å²) in [6, 6.07) is 13.9. The molecule has 0 aliphatic carbocycles. The summed E-state index contributed by atoms with van der Waals surface area (Å²) in [5.41, 5.74) is 9.63. The molecule has 13 nitrogen and oxygen atoms in total. The number of nitrogen functional groups attached to an aromatic ring is 1. The number of benzene rings is 2. The number of carbonyl (C=O) groups excluding carboxylic acids is 2. The summed E-state index contributed by atoms with van der Waals surface area (Å²) in [5, 5.41) is 15.1. The van der Waals surface area contributed by atoms with Crippen molar-refractivity contribution in [2.75, 3.05) is 27.8 Å². The number of halogens is 1. The number of hydrogen-bond acceptors (Lipinski definition) is 6. The van der Waals surface area contributed by atoms with Gasteiger partial charge < -0.3 is 35.6 Å². The number of amides is 3. The summed E-state index contributed by atoms with van der Waals surface area (Å²) in [6.45, 7) is 3.77. The summed E-state index contributed by atoms with van der Waals surface area (Å²) in [5.74, 6) is 0.170. The highest BCUT2D eigenvalue weighted by atomic mass is 35.5. The molecule has 0 saturated carbocycles. The van der Waals surface area contributed by atoms with E-state index < -0.39 is 12.0 Å². The Balaban J connectivity index is 0.00000405. The standard InChI is InChI=1S/C28H27N9O4.ClH/c1-4-11-37(28(40)41)19-9-10-20-21(13-19)33-24(32-20)16-5-7-17(8-6-16)30-26(38)22-12-18(14-35(22)2)31-27(39)25-34-23(29)15-36(25)3;/h4-10,12-15H,1,11,29H2,2-3H3,(H,30,38)(H,31,39)(H,32,33)(H,40,41);1H. The Kier molecular flexibility index (Phi) is 8.33. The number of hydrogen-bond donors (Lipinski definition) is 5. The third kappa shape index (κ3) is 5.95. The van der Waals surface area contributed by atoms with Gasteiger partial charge in [-0.15, -0.1) is 19.0 Å². The molecule has 216 valence electrons. The van der Waals surface area contributed by atoms with E-state index in [1.54, 1.807) is 61.3 Å². The second-order valence-corrected chi connectivity index (χ2v) is 9.28. The van der Waals surface area contributed by atoms with Crippen molar-refractivity contribution >= 4 is 64.2 Å². The van der Waals surface area contributed by atoms with Gasteiger partial charge in [-0.1, -0.05) is 6.08 Å². The molecule has 0 atom stereocenters. The van der Waals surface area contributed by atoms with Gasteiger partial charge in [0.1, 0.15) is 17.3 Å². The fourth-order valence-electron chi connectivity index (χ4n) is 4.38. The Morgan fingerprint density at radius 1 is 1.00 bits per heavy atom. The lowest BCUT2D eigenvalue weighted by atomic mass is 10.2. The fraction of sp³-hybridized carbons (Fsp3) is 0.107. The summed E-state index contributed by atoms with van der Waals surface area (Å²) >= 11 is 0. The van der Waals surface area contributed by atoms with Crippen LogP contribution in [-0.2, 0) is 14.1 Å². The molecule has 5 rings (SSSR count). The van der Waals surface area contributed by atoms with Crippen LogP contribution < -0.4 is 21.3 Å². The molecule has 2 aromatic carbocycles. The van der Waals surface area contributed by atoms with E-state index in [9.17, 15) is 19.5 Å². The lowest BCUT2D eigenvalue weighted by Crippen LogP contribution is -2.29. The van der Waals surface area contributed by atoms with Gasteiger partial charge in [0, 0.05) is 50.0 Å². The van der Waals surface area contributed by atoms with Gasteiger partial charge in [0.25, 0.3) is 11.8 Å². The molecule has 0 aliphatic rings. The maximum Gasteiger partial charge on any atom is 0.412 e. The molecular formula is C28H28ClN9O4. The smallest absolute Gasteiger partial charge is 0.412 e. The molecule has 6 N–H and O–H groups in total. The number of aryl methyl sites for hydroxylation is 2. The number of H-pyrrole nitrogens is 1. The lowest BCUT2D eigenvalue weighted by Gasteiger charge is -2.16. The van der Waals surface area contributed by atoms with E-state index >= 15 is 0 Å². The van der Waals surface area contributed by atoms with Gasteiger partial charge in [-0.05, 0) is 48.5 Å². The summed E-state index contributed by atoms with van der Waals surface area (Å²) in [6.07, 6.45) is 3.61. The average Bonchev–Trinajstić information content (AvgIpc) is 3.62. The highest BCUT2D eigenvalue weighted by molar-refractivity contribution is 6.06. The molecule has 0 unspecified atom stereocenters. The Morgan fingerprint density at radius 2 is 1.71 bits per heavy atom.